The van der Waals surface area contributed by atoms with Crippen LogP contribution in [0.25, 0.3) is 0 Å². The summed E-state index contributed by atoms with van der Waals surface area (Å²) >= 11 is 0. The zero-order valence-electron chi connectivity index (χ0n) is 13.4. The zero-order chi connectivity index (χ0) is 16.8. The van der Waals surface area contributed by atoms with Crippen LogP contribution in [0.5, 0.6) is 0 Å². The van der Waals surface area contributed by atoms with Crippen LogP contribution in [0.4, 0.5) is 4.39 Å². The van der Waals surface area contributed by atoms with Crippen molar-refractivity contribution in [2.24, 2.45) is 16.7 Å². The lowest BCUT2D eigenvalue weighted by Crippen LogP contribution is -2.49. The zero-order valence-corrected chi connectivity index (χ0v) is 13.4. The van der Waals surface area contributed by atoms with Gasteiger partial charge in [-0.2, -0.15) is 0 Å². The van der Waals surface area contributed by atoms with E-state index in [4.69, 9.17) is 0 Å². The number of benzene rings is 1. The standard InChI is InChI=1S/C18H21FN2O2/c1-11-17(2,3)12-8-9-18(11,10-12)16(23)21-20-15(22)13-6-4-5-7-14(13)19/h4-7,12H,1,8-10H2,2-3H3,(H,20,22)(H,21,23)/t12-,18+/m0/s1. The van der Waals surface area contributed by atoms with Gasteiger partial charge in [-0.25, -0.2) is 4.39 Å². The summed E-state index contributed by atoms with van der Waals surface area (Å²) in [6, 6.07) is 5.66. The first-order valence-corrected chi connectivity index (χ1v) is 7.84. The van der Waals surface area contributed by atoms with Crippen LogP contribution in [0, 0.1) is 22.6 Å². The first-order valence-electron chi connectivity index (χ1n) is 7.84. The number of nitrogens with one attached hydrogen (secondary N) is 2. The smallest absolute Gasteiger partial charge is 0.272 e. The van der Waals surface area contributed by atoms with Gasteiger partial charge in [0.2, 0.25) is 5.91 Å². The molecule has 2 aliphatic carbocycles. The van der Waals surface area contributed by atoms with Crippen molar-refractivity contribution in [1.29, 1.82) is 0 Å². The van der Waals surface area contributed by atoms with Gasteiger partial charge >= 0.3 is 0 Å². The largest absolute Gasteiger partial charge is 0.272 e. The van der Waals surface area contributed by atoms with Crippen molar-refractivity contribution < 1.29 is 14.0 Å². The van der Waals surface area contributed by atoms with Crippen LogP contribution >= 0.6 is 0 Å². The number of hydrazine groups is 1. The summed E-state index contributed by atoms with van der Waals surface area (Å²) in [7, 11) is 0. The molecule has 1 aromatic rings. The van der Waals surface area contributed by atoms with E-state index < -0.39 is 17.1 Å². The molecule has 0 heterocycles. The topological polar surface area (TPSA) is 58.2 Å². The maximum atomic E-state index is 13.6. The van der Waals surface area contributed by atoms with Crippen LogP contribution in [0.1, 0.15) is 43.5 Å². The molecule has 0 saturated heterocycles. The lowest BCUT2D eigenvalue weighted by molar-refractivity contribution is -0.129. The number of carbonyl (C=O) groups excluding carboxylic acids is 2. The Morgan fingerprint density at radius 1 is 1.26 bits per heavy atom. The third-order valence-corrected chi connectivity index (χ3v) is 5.73. The van der Waals surface area contributed by atoms with Gasteiger partial charge in [0.15, 0.2) is 0 Å². The highest BCUT2D eigenvalue weighted by atomic mass is 19.1. The minimum Gasteiger partial charge on any atom is -0.272 e. The lowest BCUT2D eigenvalue weighted by atomic mass is 9.68. The van der Waals surface area contributed by atoms with Crippen LogP contribution in [0.15, 0.2) is 36.4 Å². The average Bonchev–Trinajstić information content (AvgIpc) is 3.05. The number of rotatable bonds is 2. The second kappa shape index (κ2) is 5.18. The highest BCUT2D eigenvalue weighted by molar-refractivity contribution is 5.96. The summed E-state index contributed by atoms with van der Waals surface area (Å²) < 4.78 is 13.6. The van der Waals surface area contributed by atoms with E-state index in [1.807, 2.05) is 0 Å². The summed E-state index contributed by atoms with van der Waals surface area (Å²) in [5, 5.41) is 0. The van der Waals surface area contributed by atoms with Gasteiger partial charge in [-0.05, 0) is 42.7 Å². The molecule has 2 amide bonds. The summed E-state index contributed by atoms with van der Waals surface area (Å²) in [6.45, 7) is 8.38. The minimum atomic E-state index is -0.662. The SMILES string of the molecule is C=C1C(C)(C)[C@H]2CC[C@@]1(C(=O)NNC(=O)c1ccccc1F)C2. The monoisotopic (exact) mass is 316 g/mol. The van der Waals surface area contributed by atoms with Crippen molar-refractivity contribution in [2.45, 2.75) is 33.1 Å². The molecule has 0 aromatic heterocycles. The van der Waals surface area contributed by atoms with Crippen molar-refractivity contribution in [3.63, 3.8) is 0 Å². The molecule has 2 aliphatic rings. The van der Waals surface area contributed by atoms with Crippen LogP contribution in [0.3, 0.4) is 0 Å². The van der Waals surface area contributed by atoms with Gasteiger partial charge in [0.05, 0.1) is 11.0 Å². The highest BCUT2D eigenvalue weighted by Crippen LogP contribution is 2.65. The Hall–Kier alpha value is -2.17. The third-order valence-electron chi connectivity index (χ3n) is 5.73. The van der Waals surface area contributed by atoms with E-state index in [1.165, 1.54) is 18.2 Å². The Balaban J connectivity index is 1.70. The number of halogens is 1. The fourth-order valence-corrected chi connectivity index (χ4v) is 4.09. The van der Waals surface area contributed by atoms with E-state index in [2.05, 4.69) is 31.3 Å². The maximum Gasteiger partial charge on any atom is 0.272 e. The Kier molecular flexibility index (Phi) is 3.54. The van der Waals surface area contributed by atoms with E-state index in [0.717, 1.165) is 24.8 Å². The Labute approximate surface area is 135 Å². The Morgan fingerprint density at radius 3 is 2.57 bits per heavy atom. The number of carbonyl (C=O) groups is 2. The summed E-state index contributed by atoms with van der Waals surface area (Å²) in [5.41, 5.74) is 4.95. The van der Waals surface area contributed by atoms with Crippen molar-refractivity contribution in [3.8, 4) is 0 Å². The quantitative estimate of drug-likeness (QED) is 0.651. The van der Waals surface area contributed by atoms with Crippen molar-refractivity contribution in [3.05, 3.63) is 47.8 Å². The fraction of sp³-hybridized carbons (Fsp3) is 0.444. The van der Waals surface area contributed by atoms with Crippen LogP contribution in [-0.4, -0.2) is 11.8 Å². The third kappa shape index (κ3) is 2.26. The first-order chi connectivity index (χ1) is 10.8. The molecule has 122 valence electrons. The Morgan fingerprint density at radius 2 is 1.96 bits per heavy atom. The number of amides is 2. The molecule has 2 bridgehead atoms. The number of hydrogen-bond donors (Lipinski definition) is 2. The van der Waals surface area contributed by atoms with Crippen LogP contribution in [-0.2, 0) is 4.79 Å². The normalized spacial score (nSPS) is 27.8. The Bertz CT molecular complexity index is 698. The minimum absolute atomic E-state index is 0.0643. The maximum absolute atomic E-state index is 13.6. The van der Waals surface area contributed by atoms with Gasteiger partial charge in [0.1, 0.15) is 5.82 Å². The fourth-order valence-electron chi connectivity index (χ4n) is 4.09. The van der Waals surface area contributed by atoms with Crippen molar-refractivity contribution in [2.75, 3.05) is 0 Å². The van der Waals surface area contributed by atoms with Gasteiger partial charge in [0, 0.05) is 0 Å². The van der Waals surface area contributed by atoms with Crippen LogP contribution in [0.2, 0.25) is 0 Å². The van der Waals surface area contributed by atoms with Crippen molar-refractivity contribution in [1.82, 2.24) is 10.9 Å². The first kappa shape index (κ1) is 15.7. The second-order valence-electron chi connectivity index (χ2n) is 7.11. The van der Waals surface area contributed by atoms with Gasteiger partial charge < -0.3 is 0 Å². The molecule has 3 rings (SSSR count). The van der Waals surface area contributed by atoms with E-state index >= 15 is 0 Å². The molecular formula is C18H21FN2O2. The molecular weight excluding hydrogens is 295 g/mol. The average molecular weight is 316 g/mol. The van der Waals surface area contributed by atoms with E-state index in [-0.39, 0.29) is 16.9 Å². The summed E-state index contributed by atoms with van der Waals surface area (Å²) in [6.07, 6.45) is 2.50. The molecule has 2 N–H and O–H groups in total. The molecule has 23 heavy (non-hydrogen) atoms. The molecule has 2 saturated carbocycles. The molecule has 0 aliphatic heterocycles. The van der Waals surface area contributed by atoms with Gasteiger partial charge in [-0.1, -0.05) is 38.1 Å². The van der Waals surface area contributed by atoms with E-state index in [9.17, 15) is 14.0 Å². The second-order valence-corrected chi connectivity index (χ2v) is 7.11. The molecule has 1 aromatic carbocycles. The number of hydrogen-bond acceptors (Lipinski definition) is 2. The van der Waals surface area contributed by atoms with Crippen LogP contribution < -0.4 is 10.9 Å². The highest BCUT2D eigenvalue weighted by Gasteiger charge is 2.60. The molecule has 0 radical (unpaired) electrons. The summed E-state index contributed by atoms with van der Waals surface area (Å²) in [5.74, 6) is -1.08. The molecule has 0 unspecified atom stereocenters. The molecule has 0 spiro atoms. The van der Waals surface area contributed by atoms with Gasteiger partial charge in [0.25, 0.3) is 5.91 Å². The number of fused-ring (bicyclic) bond motifs is 2. The predicted molar refractivity (Wildman–Crippen MR) is 84.7 cm³/mol. The lowest BCUT2D eigenvalue weighted by Gasteiger charge is -2.37. The predicted octanol–water partition coefficient (Wildman–Crippen LogP) is 2.97. The van der Waals surface area contributed by atoms with Gasteiger partial charge in [-0.15, -0.1) is 0 Å². The van der Waals surface area contributed by atoms with E-state index in [0.29, 0.717) is 5.92 Å². The van der Waals surface area contributed by atoms with E-state index in [1.54, 1.807) is 6.07 Å². The van der Waals surface area contributed by atoms with Gasteiger partial charge in [-0.3, -0.25) is 20.4 Å². The molecule has 2 fully saturated rings. The molecule has 2 atom stereocenters. The summed E-state index contributed by atoms with van der Waals surface area (Å²) in [4.78, 5) is 24.7. The molecule has 4 nitrogen and oxygen atoms in total. The van der Waals surface area contributed by atoms with Crippen molar-refractivity contribution >= 4 is 11.8 Å². The molecule has 5 heteroatoms.